The summed E-state index contributed by atoms with van der Waals surface area (Å²) in [5.74, 6) is 0.826. The van der Waals surface area contributed by atoms with E-state index in [0.29, 0.717) is 5.56 Å². The van der Waals surface area contributed by atoms with Crippen LogP contribution in [-0.4, -0.2) is 61.6 Å². The Balaban J connectivity index is 1.46. The van der Waals surface area contributed by atoms with Crippen LogP contribution in [0.4, 0.5) is 0 Å². The van der Waals surface area contributed by atoms with Crippen molar-refractivity contribution in [3.8, 4) is 0 Å². The highest BCUT2D eigenvalue weighted by Gasteiger charge is 2.22. The molecule has 3 heterocycles. The van der Waals surface area contributed by atoms with Gasteiger partial charge < -0.3 is 19.0 Å². The van der Waals surface area contributed by atoms with Crippen LogP contribution in [-0.2, 0) is 4.74 Å². The Bertz CT molecular complexity index is 440. The fourth-order valence-corrected chi connectivity index (χ4v) is 3.14. The van der Waals surface area contributed by atoms with Crippen LogP contribution in [0.5, 0.6) is 0 Å². The predicted molar refractivity (Wildman–Crippen MR) is 79.2 cm³/mol. The molecule has 1 aromatic rings. The van der Waals surface area contributed by atoms with Gasteiger partial charge in [0.25, 0.3) is 5.91 Å². The molecule has 2 fully saturated rings. The van der Waals surface area contributed by atoms with Gasteiger partial charge in [-0.05, 0) is 44.3 Å². The van der Waals surface area contributed by atoms with Crippen LogP contribution in [0.15, 0.2) is 23.0 Å². The van der Waals surface area contributed by atoms with Crippen LogP contribution in [0.3, 0.4) is 0 Å². The Morgan fingerprint density at radius 1 is 1.29 bits per heavy atom. The number of hydrogen-bond acceptors (Lipinski definition) is 4. The van der Waals surface area contributed by atoms with Crippen LogP contribution in [0, 0.1) is 5.92 Å². The van der Waals surface area contributed by atoms with E-state index in [1.54, 1.807) is 12.3 Å². The average molecular weight is 292 g/mol. The molecule has 21 heavy (non-hydrogen) atoms. The van der Waals surface area contributed by atoms with Gasteiger partial charge in [0.15, 0.2) is 0 Å². The largest absolute Gasteiger partial charge is 0.472 e. The lowest BCUT2D eigenvalue weighted by atomic mass is 10.1. The van der Waals surface area contributed by atoms with Crippen molar-refractivity contribution >= 4 is 5.91 Å². The fraction of sp³-hybridized carbons (Fsp3) is 0.688. The van der Waals surface area contributed by atoms with Crippen LogP contribution < -0.4 is 0 Å². The normalized spacial score (nSPS) is 24.2. The Labute approximate surface area is 125 Å². The summed E-state index contributed by atoms with van der Waals surface area (Å²) in [7, 11) is 0. The first-order chi connectivity index (χ1) is 10.3. The monoisotopic (exact) mass is 292 g/mol. The molecular weight excluding hydrogens is 268 g/mol. The molecule has 1 amide bonds. The van der Waals surface area contributed by atoms with Crippen molar-refractivity contribution < 1.29 is 13.9 Å². The molecule has 1 atom stereocenters. The lowest BCUT2D eigenvalue weighted by Crippen LogP contribution is -2.35. The highest BCUT2D eigenvalue weighted by Crippen LogP contribution is 2.17. The number of hydrogen-bond donors (Lipinski definition) is 0. The van der Waals surface area contributed by atoms with Crippen molar-refractivity contribution in [2.24, 2.45) is 5.92 Å². The molecule has 2 saturated heterocycles. The first-order valence-corrected chi connectivity index (χ1v) is 7.94. The second-order valence-corrected chi connectivity index (χ2v) is 6.02. The zero-order chi connectivity index (χ0) is 14.5. The predicted octanol–water partition coefficient (Wildman–Crippen LogP) is 1.85. The van der Waals surface area contributed by atoms with Crippen molar-refractivity contribution in [3.05, 3.63) is 24.2 Å². The van der Waals surface area contributed by atoms with Gasteiger partial charge in [-0.25, -0.2) is 0 Å². The van der Waals surface area contributed by atoms with Gasteiger partial charge in [0.1, 0.15) is 6.26 Å². The molecule has 0 aromatic carbocycles. The van der Waals surface area contributed by atoms with E-state index in [-0.39, 0.29) is 5.91 Å². The second kappa shape index (κ2) is 7.09. The van der Waals surface area contributed by atoms with Crippen molar-refractivity contribution in [2.75, 3.05) is 45.9 Å². The molecule has 2 aliphatic heterocycles. The van der Waals surface area contributed by atoms with Gasteiger partial charge in [0.05, 0.1) is 11.8 Å². The highest BCUT2D eigenvalue weighted by molar-refractivity contribution is 5.93. The van der Waals surface area contributed by atoms with Gasteiger partial charge in [-0.15, -0.1) is 0 Å². The molecule has 0 radical (unpaired) electrons. The number of ether oxygens (including phenoxy) is 1. The summed E-state index contributed by atoms with van der Waals surface area (Å²) in [4.78, 5) is 16.8. The van der Waals surface area contributed by atoms with Gasteiger partial charge in [-0.3, -0.25) is 4.79 Å². The minimum Gasteiger partial charge on any atom is -0.472 e. The van der Waals surface area contributed by atoms with Gasteiger partial charge in [-0.2, -0.15) is 0 Å². The number of carbonyl (C=O) groups excluding carboxylic acids is 1. The lowest BCUT2D eigenvalue weighted by Gasteiger charge is -2.22. The molecule has 1 aromatic heterocycles. The summed E-state index contributed by atoms with van der Waals surface area (Å²) in [6.45, 7) is 6.69. The Morgan fingerprint density at radius 3 is 3.00 bits per heavy atom. The van der Waals surface area contributed by atoms with Crippen LogP contribution in [0.2, 0.25) is 0 Å². The summed E-state index contributed by atoms with van der Waals surface area (Å²) in [6.07, 6.45) is 6.56. The first-order valence-electron chi connectivity index (χ1n) is 7.94. The molecule has 5 nitrogen and oxygen atoms in total. The van der Waals surface area contributed by atoms with Crippen molar-refractivity contribution in [1.29, 1.82) is 0 Å². The smallest absolute Gasteiger partial charge is 0.257 e. The zero-order valence-corrected chi connectivity index (χ0v) is 12.5. The Kier molecular flexibility index (Phi) is 4.93. The maximum Gasteiger partial charge on any atom is 0.257 e. The molecule has 2 aliphatic rings. The Hall–Kier alpha value is -1.33. The standard InChI is InChI=1S/C16H24N2O3/c19-16(15-4-11-21-13-15)18-6-1-5-17(8-9-18)7-2-14-3-10-20-12-14/h4,11,13-14H,1-3,5-10,12H2. The quantitative estimate of drug-likeness (QED) is 0.849. The molecule has 3 rings (SSSR count). The van der Waals surface area contributed by atoms with Crippen LogP contribution >= 0.6 is 0 Å². The SMILES string of the molecule is O=C(c1ccoc1)N1CCCN(CCC2CCOC2)CC1. The van der Waals surface area contributed by atoms with E-state index in [1.165, 1.54) is 19.1 Å². The molecule has 0 aliphatic carbocycles. The summed E-state index contributed by atoms with van der Waals surface area (Å²) in [5, 5.41) is 0. The molecular formula is C16H24N2O3. The molecule has 5 heteroatoms. The van der Waals surface area contributed by atoms with E-state index < -0.39 is 0 Å². The lowest BCUT2D eigenvalue weighted by molar-refractivity contribution is 0.0760. The molecule has 0 saturated carbocycles. The zero-order valence-electron chi connectivity index (χ0n) is 12.5. The van der Waals surface area contributed by atoms with E-state index in [2.05, 4.69) is 4.90 Å². The number of nitrogens with zero attached hydrogens (tertiary/aromatic N) is 2. The summed E-state index contributed by atoms with van der Waals surface area (Å²) in [5.41, 5.74) is 0.659. The number of carbonyl (C=O) groups is 1. The number of rotatable bonds is 4. The van der Waals surface area contributed by atoms with Crippen molar-refractivity contribution in [2.45, 2.75) is 19.3 Å². The maximum absolute atomic E-state index is 12.3. The van der Waals surface area contributed by atoms with Crippen molar-refractivity contribution in [3.63, 3.8) is 0 Å². The summed E-state index contributed by atoms with van der Waals surface area (Å²) in [6, 6.07) is 1.74. The van der Waals surface area contributed by atoms with Gasteiger partial charge in [0, 0.05) is 32.8 Å². The molecule has 1 unspecified atom stereocenters. The third kappa shape index (κ3) is 3.86. The highest BCUT2D eigenvalue weighted by atomic mass is 16.5. The van der Waals surface area contributed by atoms with Gasteiger partial charge in [-0.1, -0.05) is 0 Å². The number of amides is 1. The van der Waals surface area contributed by atoms with E-state index in [1.807, 2.05) is 4.90 Å². The van der Waals surface area contributed by atoms with Crippen molar-refractivity contribution in [1.82, 2.24) is 9.80 Å². The van der Waals surface area contributed by atoms with E-state index in [0.717, 1.165) is 58.3 Å². The minimum atomic E-state index is 0.0924. The topological polar surface area (TPSA) is 45.9 Å². The molecule has 116 valence electrons. The second-order valence-electron chi connectivity index (χ2n) is 6.02. The van der Waals surface area contributed by atoms with Gasteiger partial charge in [0.2, 0.25) is 0 Å². The number of furan rings is 1. The fourth-order valence-electron chi connectivity index (χ4n) is 3.14. The summed E-state index contributed by atoms with van der Waals surface area (Å²) >= 11 is 0. The Morgan fingerprint density at radius 2 is 2.24 bits per heavy atom. The molecule has 0 N–H and O–H groups in total. The van der Waals surface area contributed by atoms with Crippen LogP contribution in [0.25, 0.3) is 0 Å². The third-order valence-corrected chi connectivity index (χ3v) is 4.52. The molecule has 0 bridgehead atoms. The third-order valence-electron chi connectivity index (χ3n) is 4.52. The molecule has 0 spiro atoms. The van der Waals surface area contributed by atoms with E-state index in [9.17, 15) is 4.79 Å². The minimum absolute atomic E-state index is 0.0924. The van der Waals surface area contributed by atoms with Gasteiger partial charge >= 0.3 is 0 Å². The maximum atomic E-state index is 12.3. The first kappa shape index (κ1) is 14.6. The summed E-state index contributed by atoms with van der Waals surface area (Å²) < 4.78 is 10.4. The van der Waals surface area contributed by atoms with E-state index in [4.69, 9.17) is 9.15 Å². The van der Waals surface area contributed by atoms with Crippen LogP contribution in [0.1, 0.15) is 29.6 Å². The van der Waals surface area contributed by atoms with E-state index >= 15 is 0 Å². The average Bonchev–Trinajstić information content (AvgIpc) is 3.15.